The molecule has 4 nitrogen and oxygen atoms in total. The Bertz CT molecular complexity index is 403. The zero-order valence-corrected chi connectivity index (χ0v) is 9.23. The highest BCUT2D eigenvalue weighted by Crippen LogP contribution is 2.30. The Kier molecular flexibility index (Phi) is 2.84. The molecule has 1 aromatic carbocycles. The van der Waals surface area contributed by atoms with Crippen LogP contribution in [-0.2, 0) is 14.2 Å². The quantitative estimate of drug-likeness (QED) is 0.797. The Labute approximate surface area is 99.4 Å². The summed E-state index contributed by atoms with van der Waals surface area (Å²) in [7, 11) is 0. The number of ether oxygens (including phenoxy) is 3. The van der Waals surface area contributed by atoms with Gasteiger partial charge in [0.05, 0.1) is 12.9 Å². The fraction of sp³-hybridized carbons (Fsp3) is 0.385. The van der Waals surface area contributed by atoms with Crippen molar-refractivity contribution >= 4 is 0 Å². The highest BCUT2D eigenvalue weighted by atomic mass is 16.7. The molecule has 2 aliphatic rings. The fourth-order valence-electron chi connectivity index (χ4n) is 2.09. The van der Waals surface area contributed by atoms with E-state index in [9.17, 15) is 5.11 Å². The van der Waals surface area contributed by atoms with Gasteiger partial charge in [0.25, 0.3) is 0 Å². The van der Waals surface area contributed by atoms with Crippen molar-refractivity contribution in [1.82, 2.24) is 0 Å². The molecule has 0 saturated carbocycles. The van der Waals surface area contributed by atoms with Gasteiger partial charge in [0.2, 0.25) is 0 Å². The van der Waals surface area contributed by atoms with Gasteiger partial charge in [-0.3, -0.25) is 0 Å². The van der Waals surface area contributed by atoms with Crippen LogP contribution in [0, 0.1) is 0 Å². The summed E-state index contributed by atoms with van der Waals surface area (Å²) in [6.45, 7) is 0.422. The molecule has 1 N–H and O–H groups in total. The van der Waals surface area contributed by atoms with Crippen LogP contribution in [0.1, 0.15) is 11.9 Å². The lowest BCUT2D eigenvalue weighted by Crippen LogP contribution is -2.49. The highest BCUT2D eigenvalue weighted by Gasteiger charge is 2.39. The molecular formula is C13H14O4. The van der Waals surface area contributed by atoms with Gasteiger partial charge in [-0.25, -0.2) is 0 Å². The third-order valence-corrected chi connectivity index (χ3v) is 3.00. The third-order valence-electron chi connectivity index (χ3n) is 3.00. The summed E-state index contributed by atoms with van der Waals surface area (Å²) < 4.78 is 16.7. The average molecular weight is 234 g/mol. The summed E-state index contributed by atoms with van der Waals surface area (Å²) in [5.74, 6) is 0. The number of hydrogen-bond acceptors (Lipinski definition) is 4. The van der Waals surface area contributed by atoms with E-state index in [0.29, 0.717) is 6.61 Å². The van der Waals surface area contributed by atoms with Crippen LogP contribution < -0.4 is 0 Å². The first-order chi connectivity index (χ1) is 8.34. The highest BCUT2D eigenvalue weighted by molar-refractivity contribution is 5.16. The number of fused-ring (bicyclic) bond motifs is 1. The minimum absolute atomic E-state index is 0.227. The van der Waals surface area contributed by atoms with E-state index in [0.717, 1.165) is 5.56 Å². The predicted octanol–water partition coefficient (Wildman–Crippen LogP) is 1.37. The maximum atomic E-state index is 9.82. The molecule has 0 spiro atoms. The van der Waals surface area contributed by atoms with E-state index in [-0.39, 0.29) is 12.2 Å². The van der Waals surface area contributed by atoms with Crippen LogP contribution in [0.4, 0.5) is 0 Å². The predicted molar refractivity (Wildman–Crippen MR) is 60.0 cm³/mol. The van der Waals surface area contributed by atoms with Crippen LogP contribution in [0.5, 0.6) is 0 Å². The molecule has 0 unspecified atom stereocenters. The lowest BCUT2D eigenvalue weighted by atomic mass is 10.0. The maximum absolute atomic E-state index is 9.82. The first kappa shape index (κ1) is 10.8. The van der Waals surface area contributed by atoms with Crippen molar-refractivity contribution in [1.29, 1.82) is 0 Å². The molecule has 1 aromatic rings. The second-order valence-corrected chi connectivity index (χ2v) is 4.17. The molecule has 2 aliphatic heterocycles. The molecule has 4 atom stereocenters. The zero-order chi connectivity index (χ0) is 11.7. The van der Waals surface area contributed by atoms with Crippen LogP contribution in [-0.4, -0.2) is 30.0 Å². The summed E-state index contributed by atoms with van der Waals surface area (Å²) >= 11 is 0. The smallest absolute Gasteiger partial charge is 0.184 e. The minimum atomic E-state index is -0.635. The first-order valence-electron chi connectivity index (χ1n) is 5.67. The van der Waals surface area contributed by atoms with Gasteiger partial charge in [-0.1, -0.05) is 30.3 Å². The molecule has 0 radical (unpaired) electrons. The van der Waals surface area contributed by atoms with Crippen molar-refractivity contribution in [2.75, 3.05) is 6.61 Å². The molecule has 3 rings (SSSR count). The third kappa shape index (κ3) is 2.07. The molecule has 2 heterocycles. The van der Waals surface area contributed by atoms with E-state index < -0.39 is 12.4 Å². The van der Waals surface area contributed by atoms with Crippen LogP contribution in [0.2, 0.25) is 0 Å². The van der Waals surface area contributed by atoms with E-state index >= 15 is 0 Å². The molecule has 0 bridgehead atoms. The Morgan fingerprint density at radius 2 is 2.00 bits per heavy atom. The van der Waals surface area contributed by atoms with Gasteiger partial charge < -0.3 is 19.3 Å². The lowest BCUT2D eigenvalue weighted by molar-refractivity contribution is -0.276. The van der Waals surface area contributed by atoms with Crippen molar-refractivity contribution in [2.45, 2.75) is 24.6 Å². The van der Waals surface area contributed by atoms with Crippen molar-refractivity contribution < 1.29 is 19.3 Å². The van der Waals surface area contributed by atoms with Gasteiger partial charge in [0, 0.05) is 5.56 Å². The zero-order valence-electron chi connectivity index (χ0n) is 9.23. The van der Waals surface area contributed by atoms with E-state index in [1.54, 1.807) is 6.08 Å². The van der Waals surface area contributed by atoms with E-state index in [1.807, 2.05) is 30.3 Å². The minimum Gasteiger partial charge on any atom is -0.493 e. The van der Waals surface area contributed by atoms with Crippen molar-refractivity contribution in [2.24, 2.45) is 0 Å². The van der Waals surface area contributed by atoms with Crippen molar-refractivity contribution in [3.05, 3.63) is 48.2 Å². The van der Waals surface area contributed by atoms with Gasteiger partial charge >= 0.3 is 0 Å². The number of aliphatic hydroxyl groups is 1. The molecule has 0 amide bonds. The fourth-order valence-corrected chi connectivity index (χ4v) is 2.09. The SMILES string of the molecule is O[C@@H]1C=CO[C@@H]2CO[C@@H](c3ccccc3)O[C@@H]12. The molecule has 4 heteroatoms. The van der Waals surface area contributed by atoms with Crippen LogP contribution in [0.3, 0.4) is 0 Å². The van der Waals surface area contributed by atoms with Gasteiger partial charge in [-0.2, -0.15) is 0 Å². The van der Waals surface area contributed by atoms with Crippen LogP contribution in [0.15, 0.2) is 42.7 Å². The Morgan fingerprint density at radius 1 is 1.18 bits per heavy atom. The Morgan fingerprint density at radius 3 is 2.82 bits per heavy atom. The molecule has 1 fully saturated rings. The van der Waals surface area contributed by atoms with Crippen molar-refractivity contribution in [3.8, 4) is 0 Å². The lowest BCUT2D eigenvalue weighted by Gasteiger charge is -2.39. The normalized spacial score (nSPS) is 36.1. The molecule has 1 saturated heterocycles. The Balaban J connectivity index is 1.77. The standard InChI is InChI=1S/C13H14O4/c14-10-6-7-15-11-8-16-13(17-12(10)11)9-4-2-1-3-5-9/h1-7,10-14H,8H2/t10-,11-,12+,13-/m1/s1. The topological polar surface area (TPSA) is 47.9 Å². The first-order valence-corrected chi connectivity index (χ1v) is 5.67. The summed E-state index contributed by atoms with van der Waals surface area (Å²) in [6, 6.07) is 9.69. The molecular weight excluding hydrogens is 220 g/mol. The summed E-state index contributed by atoms with van der Waals surface area (Å²) in [4.78, 5) is 0. The molecule has 0 aliphatic carbocycles. The second-order valence-electron chi connectivity index (χ2n) is 4.17. The summed E-state index contributed by atoms with van der Waals surface area (Å²) in [5.41, 5.74) is 0.952. The van der Waals surface area contributed by atoms with E-state index in [2.05, 4.69) is 0 Å². The van der Waals surface area contributed by atoms with Gasteiger partial charge in [0.15, 0.2) is 12.4 Å². The molecule has 0 aromatic heterocycles. The largest absolute Gasteiger partial charge is 0.493 e. The number of rotatable bonds is 1. The molecule has 90 valence electrons. The summed E-state index contributed by atoms with van der Waals surface area (Å²) in [5, 5.41) is 9.82. The Hall–Kier alpha value is -1.36. The monoisotopic (exact) mass is 234 g/mol. The van der Waals surface area contributed by atoms with Crippen molar-refractivity contribution in [3.63, 3.8) is 0 Å². The van der Waals surface area contributed by atoms with E-state index in [4.69, 9.17) is 14.2 Å². The van der Waals surface area contributed by atoms with Gasteiger partial charge in [-0.15, -0.1) is 0 Å². The number of aliphatic hydroxyl groups excluding tert-OH is 1. The van der Waals surface area contributed by atoms with Crippen LogP contribution >= 0.6 is 0 Å². The van der Waals surface area contributed by atoms with Gasteiger partial charge in [-0.05, 0) is 6.08 Å². The number of benzene rings is 1. The van der Waals surface area contributed by atoms with E-state index in [1.165, 1.54) is 6.26 Å². The number of hydrogen-bond donors (Lipinski definition) is 1. The van der Waals surface area contributed by atoms with Gasteiger partial charge in [0.1, 0.15) is 12.2 Å². The molecule has 17 heavy (non-hydrogen) atoms. The van der Waals surface area contributed by atoms with Crippen LogP contribution in [0.25, 0.3) is 0 Å². The maximum Gasteiger partial charge on any atom is 0.184 e. The second kappa shape index (κ2) is 4.49. The summed E-state index contributed by atoms with van der Waals surface area (Å²) in [6.07, 6.45) is 1.44. The average Bonchev–Trinajstić information content (AvgIpc) is 2.40.